The van der Waals surface area contributed by atoms with E-state index >= 15 is 0 Å². The summed E-state index contributed by atoms with van der Waals surface area (Å²) < 4.78 is 5.40. The third kappa shape index (κ3) is 6.69. The highest BCUT2D eigenvalue weighted by molar-refractivity contribution is 6.47. The highest BCUT2D eigenvalue weighted by Crippen LogP contribution is 2.30. The monoisotopic (exact) mass is 596 g/mol. The Morgan fingerprint density at radius 1 is 1.07 bits per heavy atom. The molecule has 0 aliphatic carbocycles. The van der Waals surface area contributed by atoms with Crippen LogP contribution in [0.25, 0.3) is 0 Å². The molecular formula is C27H29BN4O11. The van der Waals surface area contributed by atoms with Crippen molar-refractivity contribution in [3.63, 3.8) is 0 Å². The van der Waals surface area contributed by atoms with Crippen LogP contribution in [0.15, 0.2) is 36.4 Å². The molecule has 16 heteroatoms. The van der Waals surface area contributed by atoms with Gasteiger partial charge in [0.1, 0.15) is 11.8 Å². The first-order chi connectivity index (χ1) is 20.4. The molecule has 4 rings (SSSR count). The Kier molecular flexibility index (Phi) is 9.19. The van der Waals surface area contributed by atoms with Crippen LogP contribution in [0.4, 0.5) is 4.79 Å². The molecule has 0 bridgehead atoms. The van der Waals surface area contributed by atoms with Crippen LogP contribution >= 0.6 is 0 Å². The van der Waals surface area contributed by atoms with Crippen molar-refractivity contribution in [3.8, 4) is 17.2 Å². The molecule has 2 heterocycles. The van der Waals surface area contributed by atoms with Crippen LogP contribution in [0.1, 0.15) is 46.0 Å². The number of hydrogen-bond donors (Lipinski definition) is 6. The summed E-state index contributed by atoms with van der Waals surface area (Å²) in [5.74, 6) is -6.72. The number of benzene rings is 2. The van der Waals surface area contributed by atoms with Gasteiger partial charge in [-0.25, -0.2) is 9.59 Å². The zero-order valence-corrected chi connectivity index (χ0v) is 23.0. The number of likely N-dealkylation sites (N-methyl/N-ethyl adjacent to an activating group) is 1. The molecule has 2 aliphatic heterocycles. The number of carboxylic acids is 1. The van der Waals surface area contributed by atoms with Gasteiger partial charge < -0.3 is 40.5 Å². The number of Topliss-reactive ketones (excluding diaryl/α,β-unsaturated/α-hetero) is 1. The Bertz CT molecular complexity index is 1480. The van der Waals surface area contributed by atoms with Gasteiger partial charge in [-0.3, -0.25) is 24.1 Å². The fourth-order valence-electron chi connectivity index (χ4n) is 4.78. The maximum Gasteiger partial charge on any atom is 0.547 e. The van der Waals surface area contributed by atoms with Crippen molar-refractivity contribution in [1.82, 2.24) is 20.4 Å². The lowest BCUT2D eigenvalue weighted by Crippen LogP contribution is -2.62. The summed E-state index contributed by atoms with van der Waals surface area (Å²) in [5.41, 5.74) is 0.253. The maximum absolute atomic E-state index is 13.4. The second kappa shape index (κ2) is 12.8. The number of carboxylic acid groups (broad SMARTS) is 1. The molecule has 2 aromatic carbocycles. The SMILES string of the molecule is CCN1CCN(C(=O)N[C@H](CCC(=O)c2ccc(O)c(O)c2)C(=O)N[C@H]2Cc3cccc(C(=O)O)c3OB2O)C(=O)C1=O. The van der Waals surface area contributed by atoms with Crippen molar-refractivity contribution < 1.29 is 53.8 Å². The van der Waals surface area contributed by atoms with Gasteiger partial charge in [0.25, 0.3) is 0 Å². The summed E-state index contributed by atoms with van der Waals surface area (Å²) in [6, 6.07) is 5.29. The molecule has 6 N–H and O–H groups in total. The number of piperazine rings is 1. The summed E-state index contributed by atoms with van der Waals surface area (Å²) in [4.78, 5) is 77.5. The van der Waals surface area contributed by atoms with Crippen LogP contribution in [0.3, 0.4) is 0 Å². The van der Waals surface area contributed by atoms with Crippen molar-refractivity contribution in [3.05, 3.63) is 53.1 Å². The summed E-state index contributed by atoms with van der Waals surface area (Å²) in [5, 5.41) is 44.1. The minimum atomic E-state index is -1.66. The van der Waals surface area contributed by atoms with Crippen LogP contribution in [-0.4, -0.2) is 104 Å². The Hall–Kier alpha value is -5.12. The van der Waals surface area contributed by atoms with E-state index in [4.69, 9.17) is 4.65 Å². The van der Waals surface area contributed by atoms with E-state index in [1.54, 1.807) is 13.0 Å². The number of urea groups is 1. The standard InChI is InChI=1S/C27H29BN4O11/c1-2-31-10-11-32(25(38)24(31)37)27(41)29-17(7-9-18(33)14-6-8-19(34)20(35)12-14)23(36)30-21-13-15-4-3-5-16(26(39)40)22(15)43-28(21)42/h3-6,8,12,17,21,34-35,42H,2,7,9-11,13H2,1H3,(H,29,41)(H,30,36)(H,39,40)/t17-,21+/m1/s1. The third-order valence-electron chi connectivity index (χ3n) is 7.18. The van der Waals surface area contributed by atoms with E-state index in [0.717, 1.165) is 12.1 Å². The van der Waals surface area contributed by atoms with Crippen molar-refractivity contribution in [2.45, 2.75) is 38.2 Å². The number of carbonyl (C=O) groups is 6. The molecule has 15 nitrogen and oxygen atoms in total. The van der Waals surface area contributed by atoms with Crippen LogP contribution in [0, 0.1) is 0 Å². The van der Waals surface area contributed by atoms with Crippen LogP contribution in [0.5, 0.6) is 17.2 Å². The largest absolute Gasteiger partial charge is 0.547 e. The van der Waals surface area contributed by atoms with Gasteiger partial charge in [-0.2, -0.15) is 0 Å². The van der Waals surface area contributed by atoms with Crippen LogP contribution < -0.4 is 15.3 Å². The summed E-state index contributed by atoms with van der Waals surface area (Å²) in [7, 11) is -1.66. The Morgan fingerprint density at radius 2 is 1.81 bits per heavy atom. The number of nitrogens with one attached hydrogen (secondary N) is 2. The fourth-order valence-corrected chi connectivity index (χ4v) is 4.78. The minimum Gasteiger partial charge on any atom is -0.534 e. The first-order valence-corrected chi connectivity index (χ1v) is 13.4. The minimum absolute atomic E-state index is 0.0261. The predicted octanol–water partition coefficient (Wildman–Crippen LogP) is -0.333. The number of fused-ring (bicyclic) bond motifs is 1. The topological polar surface area (TPSA) is 223 Å². The number of hydrogen-bond acceptors (Lipinski definition) is 10. The molecule has 2 aliphatic rings. The number of phenols is 2. The van der Waals surface area contributed by atoms with E-state index in [2.05, 4.69) is 10.6 Å². The third-order valence-corrected chi connectivity index (χ3v) is 7.18. The highest BCUT2D eigenvalue weighted by atomic mass is 16.5. The zero-order valence-electron chi connectivity index (χ0n) is 23.0. The molecule has 0 spiro atoms. The van der Waals surface area contributed by atoms with Gasteiger partial charge in [0.15, 0.2) is 17.3 Å². The van der Waals surface area contributed by atoms with Crippen molar-refractivity contribution in [2.24, 2.45) is 0 Å². The van der Waals surface area contributed by atoms with Gasteiger partial charge in [0.05, 0.1) is 11.5 Å². The maximum atomic E-state index is 13.4. The number of aromatic hydroxyl groups is 2. The quantitative estimate of drug-likeness (QED) is 0.0951. The summed E-state index contributed by atoms with van der Waals surface area (Å²) in [6.07, 6.45) is -0.645. The number of para-hydroxylation sites is 1. The molecule has 1 fully saturated rings. The van der Waals surface area contributed by atoms with Gasteiger partial charge in [-0.1, -0.05) is 12.1 Å². The average molecular weight is 596 g/mol. The van der Waals surface area contributed by atoms with E-state index in [0.29, 0.717) is 10.5 Å². The van der Waals surface area contributed by atoms with Gasteiger partial charge >= 0.3 is 30.9 Å². The number of carbonyl (C=O) groups excluding carboxylic acids is 5. The number of nitrogens with zero attached hydrogens (tertiary/aromatic N) is 2. The average Bonchev–Trinajstić information content (AvgIpc) is 2.97. The lowest BCUT2D eigenvalue weighted by Gasteiger charge is -2.33. The van der Waals surface area contributed by atoms with Gasteiger partial charge in [-0.15, -0.1) is 0 Å². The van der Waals surface area contributed by atoms with Crippen molar-refractivity contribution in [1.29, 1.82) is 0 Å². The first-order valence-electron chi connectivity index (χ1n) is 13.4. The second-order valence-corrected chi connectivity index (χ2v) is 9.94. The molecule has 5 amide bonds. The van der Waals surface area contributed by atoms with Crippen LogP contribution in [0.2, 0.25) is 0 Å². The first kappa shape index (κ1) is 30.8. The van der Waals surface area contributed by atoms with E-state index in [1.807, 2.05) is 0 Å². The number of phenolic OH excluding ortho intramolecular Hbond substituents is 2. The second-order valence-electron chi connectivity index (χ2n) is 9.94. The molecule has 2 aromatic rings. The lowest BCUT2D eigenvalue weighted by molar-refractivity contribution is -0.153. The fraction of sp³-hybridized carbons (Fsp3) is 0.333. The van der Waals surface area contributed by atoms with E-state index in [1.165, 1.54) is 23.1 Å². The van der Waals surface area contributed by atoms with Crippen molar-refractivity contribution in [2.75, 3.05) is 19.6 Å². The smallest absolute Gasteiger partial charge is 0.534 e. The number of ketones is 1. The molecule has 0 unspecified atom stereocenters. The molecule has 43 heavy (non-hydrogen) atoms. The molecular weight excluding hydrogens is 567 g/mol. The number of amides is 5. The molecule has 0 aromatic heterocycles. The van der Waals surface area contributed by atoms with Gasteiger partial charge in [0.2, 0.25) is 5.91 Å². The molecule has 1 saturated heterocycles. The van der Waals surface area contributed by atoms with Gasteiger partial charge in [-0.05, 0) is 49.6 Å². The lowest BCUT2D eigenvalue weighted by atomic mass is 9.72. The Morgan fingerprint density at radius 3 is 2.49 bits per heavy atom. The molecule has 226 valence electrons. The Balaban J connectivity index is 1.51. The van der Waals surface area contributed by atoms with Gasteiger partial charge in [0, 0.05) is 31.6 Å². The number of rotatable bonds is 9. The highest BCUT2D eigenvalue weighted by Gasteiger charge is 2.40. The summed E-state index contributed by atoms with van der Waals surface area (Å²) >= 11 is 0. The Labute approximate surface area is 245 Å². The normalized spacial score (nSPS) is 17.1. The van der Waals surface area contributed by atoms with E-state index in [-0.39, 0.29) is 55.8 Å². The van der Waals surface area contributed by atoms with E-state index < -0.39 is 66.1 Å². The summed E-state index contributed by atoms with van der Waals surface area (Å²) in [6.45, 7) is 1.92. The van der Waals surface area contributed by atoms with Crippen LogP contribution in [-0.2, 0) is 20.8 Å². The molecule has 2 atom stereocenters. The number of aromatic carboxylic acids is 1. The number of imide groups is 1. The zero-order chi connectivity index (χ0) is 31.4. The molecule has 0 radical (unpaired) electrons. The van der Waals surface area contributed by atoms with E-state index in [9.17, 15) is 49.1 Å². The molecule has 0 saturated carbocycles. The van der Waals surface area contributed by atoms with Crippen molar-refractivity contribution >= 4 is 42.6 Å². The predicted molar refractivity (Wildman–Crippen MR) is 147 cm³/mol.